The van der Waals surface area contributed by atoms with Gasteiger partial charge in [-0.1, -0.05) is 18.2 Å². The number of rotatable bonds is 6. The lowest BCUT2D eigenvalue weighted by molar-refractivity contribution is -0.115. The third-order valence-electron chi connectivity index (χ3n) is 2.57. The van der Waals surface area contributed by atoms with Gasteiger partial charge in [-0.05, 0) is 19.1 Å². The molecule has 0 radical (unpaired) electrons. The molecule has 0 fully saturated rings. The number of benzene rings is 1. The first-order valence-corrected chi connectivity index (χ1v) is 7.08. The number of carbonyl (C=O) groups is 1. The van der Waals surface area contributed by atoms with Gasteiger partial charge in [-0.3, -0.25) is 4.79 Å². The zero-order valence-corrected chi connectivity index (χ0v) is 11.7. The number of aromatic nitrogens is 1. The van der Waals surface area contributed by atoms with Crippen molar-refractivity contribution in [3.8, 4) is 0 Å². The normalized spacial score (nSPS) is 10.4. The van der Waals surface area contributed by atoms with Crippen LogP contribution < -0.4 is 10.6 Å². The molecule has 0 unspecified atom stereocenters. The minimum absolute atomic E-state index is 0.0272. The lowest BCUT2D eigenvalue weighted by Crippen LogP contribution is -2.29. The molecule has 5 heteroatoms. The molecule has 1 aromatic carbocycles. The van der Waals surface area contributed by atoms with Gasteiger partial charge in [0.2, 0.25) is 5.91 Å². The van der Waals surface area contributed by atoms with Crippen LogP contribution in [0.25, 0.3) is 0 Å². The lowest BCUT2D eigenvalue weighted by atomic mass is 10.3. The molecular formula is C14H17N3OS. The van der Waals surface area contributed by atoms with Gasteiger partial charge in [0.15, 0.2) is 0 Å². The fourth-order valence-electron chi connectivity index (χ4n) is 1.67. The molecule has 0 bridgehead atoms. The number of hydrogen-bond acceptors (Lipinski definition) is 4. The number of carbonyl (C=O) groups excluding carboxylic acids is 1. The Morgan fingerprint density at radius 3 is 2.79 bits per heavy atom. The van der Waals surface area contributed by atoms with E-state index in [-0.39, 0.29) is 5.91 Å². The molecule has 1 amide bonds. The summed E-state index contributed by atoms with van der Waals surface area (Å²) in [4.78, 5) is 16.0. The number of anilines is 1. The Kier molecular flexibility index (Phi) is 5.06. The van der Waals surface area contributed by atoms with Crippen LogP contribution in [0.1, 0.15) is 10.7 Å². The van der Waals surface area contributed by atoms with Crippen LogP contribution in [0.5, 0.6) is 0 Å². The Balaban J connectivity index is 1.64. The van der Waals surface area contributed by atoms with Crippen molar-refractivity contribution in [3.63, 3.8) is 0 Å². The molecule has 100 valence electrons. The summed E-state index contributed by atoms with van der Waals surface area (Å²) in [6, 6.07) is 9.46. The van der Waals surface area contributed by atoms with Gasteiger partial charge in [0, 0.05) is 24.0 Å². The van der Waals surface area contributed by atoms with Gasteiger partial charge in [0.1, 0.15) is 0 Å². The molecule has 1 aromatic heterocycles. The van der Waals surface area contributed by atoms with Crippen LogP contribution in [-0.2, 0) is 11.2 Å². The van der Waals surface area contributed by atoms with Crippen LogP contribution in [0.3, 0.4) is 0 Å². The van der Waals surface area contributed by atoms with E-state index in [1.54, 1.807) is 11.3 Å². The predicted octanol–water partition coefficient (Wildman–Crippen LogP) is 2.22. The second kappa shape index (κ2) is 7.01. The van der Waals surface area contributed by atoms with Crippen LogP contribution in [0.15, 0.2) is 35.7 Å². The van der Waals surface area contributed by atoms with Crippen molar-refractivity contribution in [3.05, 3.63) is 46.4 Å². The minimum atomic E-state index is -0.0272. The quantitative estimate of drug-likeness (QED) is 0.795. The molecule has 19 heavy (non-hydrogen) atoms. The third kappa shape index (κ3) is 4.81. The van der Waals surface area contributed by atoms with Crippen molar-refractivity contribution in [1.29, 1.82) is 0 Å². The SMILES string of the molecule is Cc1nc(CCNCC(=O)Nc2ccccc2)cs1. The number of amides is 1. The Morgan fingerprint density at radius 2 is 2.11 bits per heavy atom. The monoisotopic (exact) mass is 275 g/mol. The maximum absolute atomic E-state index is 11.6. The summed E-state index contributed by atoms with van der Waals surface area (Å²) >= 11 is 1.65. The number of thiazole rings is 1. The predicted molar refractivity (Wildman–Crippen MR) is 78.5 cm³/mol. The standard InChI is InChI=1S/C14H17N3OS/c1-11-16-13(10-19-11)7-8-15-9-14(18)17-12-5-3-2-4-6-12/h2-6,10,15H,7-9H2,1H3,(H,17,18). The summed E-state index contributed by atoms with van der Waals surface area (Å²) in [6.07, 6.45) is 0.850. The molecule has 0 saturated carbocycles. The van der Waals surface area contributed by atoms with Gasteiger partial charge in [0.05, 0.1) is 17.2 Å². The van der Waals surface area contributed by atoms with Crippen molar-refractivity contribution < 1.29 is 4.79 Å². The van der Waals surface area contributed by atoms with Crippen LogP contribution in [0.2, 0.25) is 0 Å². The smallest absolute Gasteiger partial charge is 0.238 e. The van der Waals surface area contributed by atoms with E-state index in [2.05, 4.69) is 21.0 Å². The lowest BCUT2D eigenvalue weighted by Gasteiger charge is -2.05. The highest BCUT2D eigenvalue weighted by molar-refractivity contribution is 7.09. The highest BCUT2D eigenvalue weighted by Crippen LogP contribution is 2.07. The van der Waals surface area contributed by atoms with Gasteiger partial charge < -0.3 is 10.6 Å². The first-order valence-electron chi connectivity index (χ1n) is 6.20. The third-order valence-corrected chi connectivity index (χ3v) is 3.39. The molecule has 0 aliphatic heterocycles. The molecule has 4 nitrogen and oxygen atoms in total. The summed E-state index contributed by atoms with van der Waals surface area (Å²) in [5.74, 6) is -0.0272. The summed E-state index contributed by atoms with van der Waals surface area (Å²) in [7, 11) is 0. The topological polar surface area (TPSA) is 54.0 Å². The van der Waals surface area contributed by atoms with Crippen LogP contribution in [-0.4, -0.2) is 24.0 Å². The van der Waals surface area contributed by atoms with E-state index >= 15 is 0 Å². The highest BCUT2D eigenvalue weighted by atomic mass is 32.1. The Bertz CT molecular complexity index is 524. The number of para-hydroxylation sites is 1. The van der Waals surface area contributed by atoms with Crippen molar-refractivity contribution in [2.75, 3.05) is 18.4 Å². The van der Waals surface area contributed by atoms with E-state index in [1.165, 1.54) is 0 Å². The molecule has 2 N–H and O–H groups in total. The fourth-order valence-corrected chi connectivity index (χ4v) is 2.32. The molecular weight excluding hydrogens is 258 g/mol. The minimum Gasteiger partial charge on any atom is -0.325 e. The Morgan fingerprint density at radius 1 is 1.32 bits per heavy atom. The van der Waals surface area contributed by atoms with Crippen LogP contribution in [0.4, 0.5) is 5.69 Å². The summed E-state index contributed by atoms with van der Waals surface area (Å²) < 4.78 is 0. The molecule has 0 atom stereocenters. The molecule has 0 saturated heterocycles. The average Bonchev–Trinajstić information content (AvgIpc) is 2.82. The van der Waals surface area contributed by atoms with Gasteiger partial charge in [-0.15, -0.1) is 11.3 Å². The first kappa shape index (κ1) is 13.7. The summed E-state index contributed by atoms with van der Waals surface area (Å²) in [5.41, 5.74) is 1.91. The van der Waals surface area contributed by atoms with Crippen molar-refractivity contribution >= 4 is 22.9 Å². The molecule has 0 aliphatic rings. The van der Waals surface area contributed by atoms with E-state index in [1.807, 2.05) is 37.3 Å². The zero-order valence-electron chi connectivity index (χ0n) is 10.8. The molecule has 0 aliphatic carbocycles. The van der Waals surface area contributed by atoms with Crippen LogP contribution >= 0.6 is 11.3 Å². The number of nitrogens with zero attached hydrogens (tertiary/aromatic N) is 1. The maximum Gasteiger partial charge on any atom is 0.238 e. The molecule has 0 spiro atoms. The van der Waals surface area contributed by atoms with Crippen molar-refractivity contribution in [2.24, 2.45) is 0 Å². The Hall–Kier alpha value is -1.72. The van der Waals surface area contributed by atoms with Crippen molar-refractivity contribution in [2.45, 2.75) is 13.3 Å². The number of aryl methyl sites for hydroxylation is 1. The average molecular weight is 275 g/mol. The second-order valence-electron chi connectivity index (χ2n) is 4.20. The van der Waals surface area contributed by atoms with E-state index < -0.39 is 0 Å². The Labute approximate surface area is 116 Å². The maximum atomic E-state index is 11.6. The van der Waals surface area contributed by atoms with Crippen molar-refractivity contribution in [1.82, 2.24) is 10.3 Å². The van der Waals surface area contributed by atoms with E-state index in [0.717, 1.165) is 29.4 Å². The number of hydrogen-bond donors (Lipinski definition) is 2. The second-order valence-corrected chi connectivity index (χ2v) is 5.26. The number of nitrogens with one attached hydrogen (secondary N) is 2. The van der Waals surface area contributed by atoms with Gasteiger partial charge >= 0.3 is 0 Å². The first-order chi connectivity index (χ1) is 9.24. The van der Waals surface area contributed by atoms with E-state index in [9.17, 15) is 4.79 Å². The fraction of sp³-hybridized carbons (Fsp3) is 0.286. The van der Waals surface area contributed by atoms with Crippen LogP contribution in [0, 0.1) is 6.92 Å². The highest BCUT2D eigenvalue weighted by Gasteiger charge is 2.02. The van der Waals surface area contributed by atoms with Gasteiger partial charge in [-0.25, -0.2) is 4.98 Å². The molecule has 2 aromatic rings. The van der Waals surface area contributed by atoms with Gasteiger partial charge in [-0.2, -0.15) is 0 Å². The summed E-state index contributed by atoms with van der Waals surface area (Å²) in [5, 5.41) is 9.08. The molecule has 2 rings (SSSR count). The van der Waals surface area contributed by atoms with E-state index in [4.69, 9.17) is 0 Å². The van der Waals surface area contributed by atoms with Gasteiger partial charge in [0.25, 0.3) is 0 Å². The van der Waals surface area contributed by atoms with E-state index in [0.29, 0.717) is 6.54 Å². The molecule has 1 heterocycles. The summed E-state index contributed by atoms with van der Waals surface area (Å²) in [6.45, 7) is 3.07. The zero-order chi connectivity index (χ0) is 13.5. The largest absolute Gasteiger partial charge is 0.325 e.